The minimum absolute atomic E-state index is 0.0163. The predicted molar refractivity (Wildman–Crippen MR) is 82.8 cm³/mol. The Morgan fingerprint density at radius 1 is 0.870 bits per heavy atom. The maximum Gasteiger partial charge on any atom is 0.269 e. The van der Waals surface area contributed by atoms with E-state index in [1.807, 2.05) is 0 Å². The van der Waals surface area contributed by atoms with Gasteiger partial charge < -0.3 is 0 Å². The fourth-order valence-electron chi connectivity index (χ4n) is 1.52. The van der Waals surface area contributed by atoms with E-state index in [-0.39, 0.29) is 11.4 Å². The highest BCUT2D eigenvalue weighted by Gasteiger charge is 2.03. The highest BCUT2D eigenvalue weighted by Crippen LogP contribution is 2.18. The van der Waals surface area contributed by atoms with Gasteiger partial charge in [-0.15, -0.1) is 10.2 Å². The molecule has 2 aromatic rings. The molecule has 10 nitrogen and oxygen atoms in total. The van der Waals surface area contributed by atoms with Crippen molar-refractivity contribution in [1.82, 2.24) is 0 Å². The van der Waals surface area contributed by atoms with Crippen molar-refractivity contribution in [2.24, 2.45) is 15.3 Å². The van der Waals surface area contributed by atoms with Crippen LogP contribution < -0.4 is 5.43 Å². The molecule has 10 heteroatoms. The standard InChI is InChI=1S/C13H10N6O4/c20-18(21)12-5-1-10(2-6-12)16-14-9-15-17-11-3-7-13(8-4-11)19(22)23/h1-9,16H/b14-9+,17-15?. The maximum absolute atomic E-state index is 10.5. The average Bonchev–Trinajstić information content (AvgIpc) is 2.55. The molecular weight excluding hydrogens is 304 g/mol. The molecule has 0 heterocycles. The highest BCUT2D eigenvalue weighted by atomic mass is 16.6. The molecule has 0 unspecified atom stereocenters. The summed E-state index contributed by atoms with van der Waals surface area (Å²) in [4.78, 5) is 20.0. The van der Waals surface area contributed by atoms with Crippen molar-refractivity contribution in [3.05, 3.63) is 68.8 Å². The number of nitrogens with zero attached hydrogens (tertiary/aromatic N) is 5. The third-order valence-electron chi connectivity index (χ3n) is 2.61. The fourth-order valence-corrected chi connectivity index (χ4v) is 1.52. The summed E-state index contributed by atoms with van der Waals surface area (Å²) in [6.07, 6.45) is 1.14. The molecule has 0 radical (unpaired) electrons. The number of nitro benzene ring substituents is 2. The van der Waals surface area contributed by atoms with E-state index in [2.05, 4.69) is 20.8 Å². The molecule has 0 saturated heterocycles. The zero-order valence-corrected chi connectivity index (χ0v) is 11.6. The minimum atomic E-state index is -0.503. The maximum atomic E-state index is 10.5. The van der Waals surface area contributed by atoms with Crippen LogP contribution in [0.1, 0.15) is 0 Å². The molecular formula is C13H10N6O4. The van der Waals surface area contributed by atoms with Crippen LogP contribution in [0.5, 0.6) is 0 Å². The van der Waals surface area contributed by atoms with Crippen molar-refractivity contribution in [3.63, 3.8) is 0 Å². The summed E-state index contributed by atoms with van der Waals surface area (Å²) in [5.74, 6) is 0. The lowest BCUT2D eigenvalue weighted by Gasteiger charge is -1.97. The van der Waals surface area contributed by atoms with Crippen LogP contribution in [0.15, 0.2) is 63.9 Å². The Bertz CT molecular complexity index is 755. The van der Waals surface area contributed by atoms with Crippen molar-refractivity contribution in [3.8, 4) is 0 Å². The smallest absolute Gasteiger partial charge is 0.269 e. The monoisotopic (exact) mass is 314 g/mol. The number of nitro groups is 2. The first kappa shape index (κ1) is 15.7. The van der Waals surface area contributed by atoms with Gasteiger partial charge in [0.1, 0.15) is 0 Å². The summed E-state index contributed by atoms with van der Waals surface area (Å²) in [6.45, 7) is 0. The molecule has 23 heavy (non-hydrogen) atoms. The fraction of sp³-hybridized carbons (Fsp3) is 0. The zero-order chi connectivity index (χ0) is 16.7. The summed E-state index contributed by atoms with van der Waals surface area (Å²) in [5, 5.41) is 32.2. The van der Waals surface area contributed by atoms with Gasteiger partial charge >= 0.3 is 0 Å². The lowest BCUT2D eigenvalue weighted by Crippen LogP contribution is -1.90. The van der Waals surface area contributed by atoms with Gasteiger partial charge in [0, 0.05) is 24.3 Å². The molecule has 2 aromatic carbocycles. The Labute approximate surface area is 129 Å². The molecule has 0 aromatic heterocycles. The van der Waals surface area contributed by atoms with E-state index in [0.29, 0.717) is 11.4 Å². The number of nitrogens with one attached hydrogen (secondary N) is 1. The van der Waals surface area contributed by atoms with Gasteiger partial charge in [-0.05, 0) is 24.3 Å². The molecule has 0 saturated carbocycles. The molecule has 0 aliphatic heterocycles. The zero-order valence-electron chi connectivity index (χ0n) is 11.6. The SMILES string of the molecule is O=[N+]([O-])c1ccc(N=N/C=N/Nc2ccc([N+](=O)[O-])cc2)cc1. The third-order valence-corrected chi connectivity index (χ3v) is 2.61. The highest BCUT2D eigenvalue weighted by molar-refractivity contribution is 5.58. The van der Waals surface area contributed by atoms with Crippen LogP contribution in [-0.4, -0.2) is 16.2 Å². The Kier molecular flexibility index (Phi) is 5.02. The second-order valence-electron chi connectivity index (χ2n) is 4.15. The molecule has 0 spiro atoms. The molecule has 0 atom stereocenters. The quantitative estimate of drug-likeness (QED) is 0.285. The van der Waals surface area contributed by atoms with Crippen LogP contribution in [0.4, 0.5) is 22.7 Å². The van der Waals surface area contributed by atoms with Crippen molar-refractivity contribution in [2.45, 2.75) is 0 Å². The second-order valence-corrected chi connectivity index (χ2v) is 4.15. The van der Waals surface area contributed by atoms with Crippen molar-refractivity contribution in [1.29, 1.82) is 0 Å². The number of non-ortho nitro benzene ring substituents is 2. The van der Waals surface area contributed by atoms with Crippen LogP contribution in [-0.2, 0) is 0 Å². The normalized spacial score (nSPS) is 11.0. The molecule has 0 aliphatic rings. The van der Waals surface area contributed by atoms with Crippen molar-refractivity contribution < 1.29 is 9.85 Å². The average molecular weight is 314 g/mol. The molecule has 0 aliphatic carbocycles. The summed E-state index contributed by atoms with van der Waals surface area (Å²) in [6, 6.07) is 11.2. The summed E-state index contributed by atoms with van der Waals surface area (Å²) in [7, 11) is 0. The number of benzene rings is 2. The molecule has 0 fully saturated rings. The Morgan fingerprint density at radius 2 is 1.39 bits per heavy atom. The predicted octanol–water partition coefficient (Wildman–Crippen LogP) is 3.64. The van der Waals surface area contributed by atoms with Crippen LogP contribution >= 0.6 is 0 Å². The van der Waals surface area contributed by atoms with Gasteiger partial charge in [-0.2, -0.15) is 5.10 Å². The van der Waals surface area contributed by atoms with E-state index in [9.17, 15) is 20.2 Å². The van der Waals surface area contributed by atoms with E-state index in [4.69, 9.17) is 0 Å². The first-order valence-electron chi connectivity index (χ1n) is 6.23. The first-order chi connectivity index (χ1) is 11.1. The van der Waals surface area contributed by atoms with Crippen LogP contribution in [0, 0.1) is 20.2 Å². The topological polar surface area (TPSA) is 135 Å². The van der Waals surface area contributed by atoms with E-state index < -0.39 is 9.85 Å². The Balaban J connectivity index is 1.88. The molecule has 0 amide bonds. The lowest BCUT2D eigenvalue weighted by atomic mass is 10.3. The van der Waals surface area contributed by atoms with Crippen LogP contribution in [0.25, 0.3) is 0 Å². The Hall–Kier alpha value is -3.69. The largest absolute Gasteiger partial charge is 0.277 e. The van der Waals surface area contributed by atoms with Gasteiger partial charge in [-0.1, -0.05) is 0 Å². The molecule has 1 N–H and O–H groups in total. The number of anilines is 1. The summed E-state index contributed by atoms with van der Waals surface area (Å²) < 4.78 is 0. The van der Waals surface area contributed by atoms with Gasteiger partial charge in [0.05, 0.1) is 21.2 Å². The van der Waals surface area contributed by atoms with Gasteiger partial charge in [0.2, 0.25) is 0 Å². The minimum Gasteiger partial charge on any atom is -0.277 e. The number of hydrogen-bond donors (Lipinski definition) is 1. The van der Waals surface area contributed by atoms with Crippen molar-refractivity contribution in [2.75, 3.05) is 5.43 Å². The van der Waals surface area contributed by atoms with Crippen LogP contribution in [0.2, 0.25) is 0 Å². The first-order valence-corrected chi connectivity index (χ1v) is 6.23. The number of hydrogen-bond acceptors (Lipinski definition) is 7. The number of rotatable bonds is 6. The Morgan fingerprint density at radius 3 is 1.91 bits per heavy atom. The number of hydrazone groups is 1. The van der Waals surface area contributed by atoms with E-state index >= 15 is 0 Å². The van der Waals surface area contributed by atoms with Crippen molar-refractivity contribution >= 4 is 29.1 Å². The lowest BCUT2D eigenvalue weighted by molar-refractivity contribution is -0.385. The second kappa shape index (κ2) is 7.36. The molecule has 116 valence electrons. The van der Waals surface area contributed by atoms with Gasteiger partial charge in [0.25, 0.3) is 11.4 Å². The molecule has 0 bridgehead atoms. The van der Waals surface area contributed by atoms with Crippen LogP contribution in [0.3, 0.4) is 0 Å². The molecule has 2 rings (SSSR count). The van der Waals surface area contributed by atoms with Gasteiger partial charge in [-0.25, -0.2) is 0 Å². The third kappa shape index (κ3) is 4.67. The summed E-state index contributed by atoms with van der Waals surface area (Å²) >= 11 is 0. The van der Waals surface area contributed by atoms with Gasteiger partial charge in [0.15, 0.2) is 6.34 Å². The number of azo groups is 1. The summed E-state index contributed by atoms with van der Waals surface area (Å²) in [5.41, 5.74) is 3.57. The van der Waals surface area contributed by atoms with Gasteiger partial charge in [-0.3, -0.25) is 25.7 Å². The van der Waals surface area contributed by atoms with E-state index in [0.717, 1.165) is 6.34 Å². The van der Waals surface area contributed by atoms with E-state index in [1.54, 1.807) is 0 Å². The van der Waals surface area contributed by atoms with E-state index in [1.165, 1.54) is 48.5 Å².